The van der Waals surface area contributed by atoms with Gasteiger partial charge in [-0.05, 0) is 39.5 Å². The maximum Gasteiger partial charge on any atom is 0.328 e. The van der Waals surface area contributed by atoms with Crippen LogP contribution in [-0.4, -0.2) is 91.1 Å². The van der Waals surface area contributed by atoms with Crippen LogP contribution in [0.2, 0.25) is 0 Å². The van der Waals surface area contributed by atoms with E-state index in [2.05, 4.69) is 37.5 Å². The van der Waals surface area contributed by atoms with Crippen LogP contribution >= 0.6 is 11.8 Å². The molecule has 2 heterocycles. The first-order valence-electron chi connectivity index (χ1n) is 14.8. The SMILES string of the molecule is COC(=O)[C@@H]1[C@@H]2[C@H](CN1C(=O)[C@@H](N=C=O)C(C)(C)C)C2(C)C.COC(=O)[C@@H]1[C@@H]2[C@H](CN1C(=O)[C@@H]([N-]Cl)C(C)(C)C)C2(C)C. The summed E-state index contributed by atoms with van der Waals surface area (Å²) in [5, 5.41) is 0. The average molecular weight is 624 g/mol. The van der Waals surface area contributed by atoms with E-state index in [1.54, 1.807) is 9.80 Å². The van der Waals surface area contributed by atoms with Crippen molar-refractivity contribution in [3.63, 3.8) is 0 Å². The Kier molecular flexibility index (Phi) is 9.59. The number of isocyanates is 1. The van der Waals surface area contributed by atoms with Crippen molar-refractivity contribution >= 4 is 41.6 Å². The molecule has 2 aliphatic heterocycles. The zero-order valence-corrected chi connectivity index (χ0v) is 28.3. The molecule has 242 valence electrons. The van der Waals surface area contributed by atoms with E-state index in [1.165, 1.54) is 20.3 Å². The molecule has 0 bridgehead atoms. The summed E-state index contributed by atoms with van der Waals surface area (Å²) in [6, 6.07) is -2.58. The molecule has 2 saturated carbocycles. The molecule has 4 fully saturated rings. The number of esters is 2. The van der Waals surface area contributed by atoms with Crippen LogP contribution in [0, 0.1) is 45.3 Å². The summed E-state index contributed by atoms with van der Waals surface area (Å²) in [4.78, 5) is 71.2. The lowest BCUT2D eigenvalue weighted by molar-refractivity contribution is -0.154. The molecule has 2 saturated heterocycles. The van der Waals surface area contributed by atoms with E-state index in [0.717, 1.165) is 0 Å². The molecule has 11 nitrogen and oxygen atoms in total. The van der Waals surface area contributed by atoms with Gasteiger partial charge >= 0.3 is 11.9 Å². The minimum absolute atomic E-state index is 0.0425. The van der Waals surface area contributed by atoms with Crippen LogP contribution in [0.25, 0.3) is 4.84 Å². The van der Waals surface area contributed by atoms with Gasteiger partial charge in [-0.3, -0.25) is 21.4 Å². The summed E-state index contributed by atoms with van der Waals surface area (Å²) in [6.07, 6.45) is 1.49. The molecule has 0 aromatic carbocycles. The Labute approximate surface area is 260 Å². The van der Waals surface area contributed by atoms with Crippen LogP contribution < -0.4 is 0 Å². The number of amides is 2. The highest BCUT2D eigenvalue weighted by Crippen LogP contribution is 2.66. The van der Waals surface area contributed by atoms with E-state index in [-0.39, 0.29) is 45.9 Å². The Bertz CT molecular complexity index is 1180. The maximum atomic E-state index is 12.8. The third-order valence-corrected chi connectivity index (χ3v) is 10.5. The number of aliphatic imine (C=N–C) groups is 1. The molecule has 2 aliphatic carbocycles. The molecular weight excluding hydrogens is 576 g/mol. The maximum absolute atomic E-state index is 12.8. The van der Waals surface area contributed by atoms with Gasteiger partial charge in [-0.2, -0.15) is 4.99 Å². The lowest BCUT2D eigenvalue weighted by Crippen LogP contribution is -2.51. The largest absolute Gasteiger partial charge is 0.564 e. The Morgan fingerprint density at radius 1 is 0.814 bits per heavy atom. The van der Waals surface area contributed by atoms with Crippen molar-refractivity contribution < 1.29 is 33.4 Å². The van der Waals surface area contributed by atoms with E-state index in [9.17, 15) is 24.0 Å². The predicted octanol–water partition coefficient (Wildman–Crippen LogP) is 3.98. The number of carbonyl (C=O) groups is 4. The number of hydrogen-bond acceptors (Lipinski definition) is 8. The van der Waals surface area contributed by atoms with E-state index < -0.39 is 35.6 Å². The van der Waals surface area contributed by atoms with Gasteiger partial charge in [0.25, 0.3) is 0 Å². The van der Waals surface area contributed by atoms with E-state index in [1.807, 2.05) is 41.5 Å². The summed E-state index contributed by atoms with van der Waals surface area (Å²) in [6.45, 7) is 20.8. The molecule has 0 aromatic rings. The Balaban J connectivity index is 0.000000236. The number of nitrogens with zero attached hydrogens (tertiary/aromatic N) is 4. The van der Waals surface area contributed by atoms with Gasteiger partial charge < -0.3 is 24.1 Å². The zero-order valence-electron chi connectivity index (χ0n) is 27.6. The van der Waals surface area contributed by atoms with E-state index >= 15 is 0 Å². The molecule has 12 heteroatoms. The smallest absolute Gasteiger partial charge is 0.328 e. The number of fused-ring (bicyclic) bond motifs is 2. The topological polar surface area (TPSA) is 137 Å². The number of piperidine rings is 2. The van der Waals surface area contributed by atoms with Gasteiger partial charge in [0.15, 0.2) is 0 Å². The predicted molar refractivity (Wildman–Crippen MR) is 160 cm³/mol. The molecule has 4 rings (SSSR count). The summed E-state index contributed by atoms with van der Waals surface area (Å²) < 4.78 is 9.80. The lowest BCUT2D eigenvalue weighted by Gasteiger charge is -2.42. The van der Waals surface area contributed by atoms with Gasteiger partial charge in [0, 0.05) is 24.9 Å². The first-order chi connectivity index (χ1) is 19.6. The Hall–Kier alpha value is -2.49. The van der Waals surface area contributed by atoms with Crippen LogP contribution in [0.5, 0.6) is 0 Å². The number of rotatable bonds is 6. The van der Waals surface area contributed by atoms with Crippen molar-refractivity contribution in [2.45, 2.75) is 93.4 Å². The van der Waals surface area contributed by atoms with E-state index in [4.69, 9.17) is 21.3 Å². The monoisotopic (exact) mass is 623 g/mol. The molecule has 8 atom stereocenters. The number of hydrogen-bond donors (Lipinski definition) is 0. The molecule has 0 radical (unpaired) electrons. The van der Waals surface area contributed by atoms with Gasteiger partial charge in [-0.1, -0.05) is 69.2 Å². The molecular formula is C31H48ClN4O7-. The number of ether oxygens (including phenoxy) is 2. The van der Waals surface area contributed by atoms with Gasteiger partial charge in [-0.15, -0.1) is 0 Å². The highest BCUT2D eigenvalue weighted by molar-refractivity contribution is 6.27. The zero-order chi connectivity index (χ0) is 33.0. The van der Waals surface area contributed by atoms with Crippen LogP contribution in [0.4, 0.5) is 0 Å². The van der Waals surface area contributed by atoms with E-state index in [0.29, 0.717) is 24.9 Å². The van der Waals surface area contributed by atoms with Crippen molar-refractivity contribution in [2.24, 2.45) is 50.3 Å². The lowest BCUT2D eigenvalue weighted by atomic mass is 9.85. The summed E-state index contributed by atoms with van der Waals surface area (Å²) in [5.74, 6) is -0.291. The highest BCUT2D eigenvalue weighted by Gasteiger charge is 2.71. The number of halogens is 1. The van der Waals surface area contributed by atoms with Crippen molar-refractivity contribution in [2.75, 3.05) is 27.3 Å². The molecule has 0 N–H and O–H groups in total. The summed E-state index contributed by atoms with van der Waals surface area (Å²) in [7, 11) is 2.69. The molecule has 2 amide bonds. The van der Waals surface area contributed by atoms with Gasteiger partial charge in [0.05, 0.1) is 14.2 Å². The van der Waals surface area contributed by atoms with Gasteiger partial charge in [0.1, 0.15) is 18.1 Å². The van der Waals surface area contributed by atoms with Gasteiger partial charge in [-0.25, -0.2) is 14.4 Å². The third kappa shape index (κ3) is 6.22. The molecule has 4 aliphatic rings. The van der Waals surface area contributed by atoms with Crippen LogP contribution in [-0.2, 0) is 33.4 Å². The molecule has 0 aromatic heterocycles. The first-order valence-corrected chi connectivity index (χ1v) is 15.1. The van der Waals surface area contributed by atoms with Gasteiger partial charge in [0.2, 0.25) is 17.9 Å². The quantitative estimate of drug-likeness (QED) is 0.248. The van der Waals surface area contributed by atoms with Crippen molar-refractivity contribution in [1.29, 1.82) is 0 Å². The van der Waals surface area contributed by atoms with Crippen LogP contribution in [0.15, 0.2) is 4.99 Å². The molecule has 43 heavy (non-hydrogen) atoms. The average Bonchev–Trinajstić information content (AvgIpc) is 3.40. The number of methoxy groups -OCH3 is 2. The fourth-order valence-electron chi connectivity index (χ4n) is 7.35. The molecule has 0 unspecified atom stereocenters. The second kappa shape index (κ2) is 11.8. The Morgan fingerprint density at radius 2 is 1.21 bits per heavy atom. The third-order valence-electron chi connectivity index (χ3n) is 10.3. The second-order valence-electron chi connectivity index (χ2n) is 15.7. The minimum Gasteiger partial charge on any atom is -0.564 e. The standard InChI is InChI=1S/C16H24N2O4.C15H24ClN2O3/c1-15(2,3)12(17-8-19)13(20)18-7-9-10(16(9,4)5)11(18)14(21)22-6;1-14(2,3)11(17-16)12(19)18-7-8-9(15(8,4)5)10(18)13(20)21-6/h9-12H,7H2,1-6H3;8-11H,7H2,1-6H3/q;-1/t9-,10-,11-,12+;8-,9-,10-,11+/m00/s1. The Morgan fingerprint density at radius 3 is 1.51 bits per heavy atom. The number of carbonyl (C=O) groups excluding carboxylic acids is 5. The van der Waals surface area contributed by atoms with Crippen LogP contribution in [0.3, 0.4) is 0 Å². The fraction of sp³-hybridized carbons (Fsp3) is 0.839. The van der Waals surface area contributed by atoms with Crippen molar-refractivity contribution in [3.05, 3.63) is 4.84 Å². The summed E-state index contributed by atoms with van der Waals surface area (Å²) >= 11 is 5.65. The highest BCUT2D eigenvalue weighted by atomic mass is 35.5. The number of likely N-dealkylation sites (tertiary alicyclic amines) is 2. The van der Waals surface area contributed by atoms with Crippen molar-refractivity contribution in [1.82, 2.24) is 9.80 Å². The van der Waals surface area contributed by atoms with Crippen molar-refractivity contribution in [3.8, 4) is 0 Å². The second-order valence-corrected chi connectivity index (χ2v) is 15.9. The van der Waals surface area contributed by atoms with Crippen LogP contribution in [0.1, 0.15) is 69.2 Å². The molecule has 0 spiro atoms. The first kappa shape index (κ1) is 35.0. The fourth-order valence-corrected chi connectivity index (χ4v) is 7.73. The summed E-state index contributed by atoms with van der Waals surface area (Å²) in [5.41, 5.74) is -0.773. The normalized spacial score (nSPS) is 30.8. The minimum atomic E-state index is -0.835.